The first kappa shape index (κ1) is 15.4. The maximum absolute atomic E-state index is 11.7. The highest BCUT2D eigenvalue weighted by Gasteiger charge is 2.22. The van der Waals surface area contributed by atoms with Gasteiger partial charge in [-0.2, -0.15) is 4.99 Å². The molecular weight excluding hydrogens is 242 g/mol. The third-order valence-electron chi connectivity index (χ3n) is 2.47. The van der Waals surface area contributed by atoms with E-state index in [0.717, 1.165) is 11.3 Å². The summed E-state index contributed by atoms with van der Waals surface area (Å²) < 4.78 is 9.80. The summed E-state index contributed by atoms with van der Waals surface area (Å²) in [7, 11) is 1.56. The van der Waals surface area contributed by atoms with Crippen molar-refractivity contribution in [3.8, 4) is 0 Å². The van der Waals surface area contributed by atoms with Crippen molar-refractivity contribution in [2.75, 3.05) is 20.3 Å². The van der Waals surface area contributed by atoms with Gasteiger partial charge in [0, 0.05) is 12.5 Å². The number of aliphatic imine (C=N–C) groups is 1. The molecular formula is C15H21NO3. The van der Waals surface area contributed by atoms with E-state index >= 15 is 0 Å². The maximum atomic E-state index is 11.7. The average molecular weight is 263 g/mol. The molecule has 4 heteroatoms. The second-order valence-corrected chi connectivity index (χ2v) is 5.18. The number of amides is 1. The van der Waals surface area contributed by atoms with Gasteiger partial charge in [0.15, 0.2) is 0 Å². The lowest BCUT2D eigenvalue weighted by atomic mass is 9.85. The summed E-state index contributed by atoms with van der Waals surface area (Å²) >= 11 is 0. The summed E-state index contributed by atoms with van der Waals surface area (Å²) in [5, 5.41) is 0. The van der Waals surface area contributed by atoms with Gasteiger partial charge in [0.1, 0.15) is 6.61 Å². The van der Waals surface area contributed by atoms with Gasteiger partial charge in [0.25, 0.3) is 0 Å². The number of nitrogens with zero attached hydrogens (tertiary/aromatic N) is 1. The molecule has 0 aliphatic carbocycles. The predicted molar refractivity (Wildman–Crippen MR) is 75.7 cm³/mol. The molecule has 1 amide bonds. The minimum atomic E-state index is -0.578. The Morgan fingerprint density at radius 3 is 2.32 bits per heavy atom. The number of carbonyl (C=O) groups is 1. The van der Waals surface area contributed by atoms with Crippen molar-refractivity contribution in [3.63, 3.8) is 0 Å². The Morgan fingerprint density at radius 1 is 1.16 bits per heavy atom. The van der Waals surface area contributed by atoms with Gasteiger partial charge in [-0.05, 0) is 5.56 Å². The van der Waals surface area contributed by atoms with Crippen LogP contribution in [0.5, 0.6) is 0 Å². The number of hydrogen-bond donors (Lipinski definition) is 0. The van der Waals surface area contributed by atoms with E-state index in [0.29, 0.717) is 6.61 Å². The number of carbonyl (C=O) groups excluding carboxylic acids is 1. The van der Waals surface area contributed by atoms with Crippen molar-refractivity contribution in [2.24, 2.45) is 10.4 Å². The molecule has 1 aromatic rings. The molecule has 0 saturated carbocycles. The van der Waals surface area contributed by atoms with Crippen LogP contribution in [-0.4, -0.2) is 32.1 Å². The summed E-state index contributed by atoms with van der Waals surface area (Å²) in [5.74, 6) is 0. The molecule has 0 radical (unpaired) electrons. The zero-order valence-electron chi connectivity index (χ0n) is 12.0. The minimum absolute atomic E-state index is 0.213. The molecule has 0 atom stereocenters. The molecule has 0 heterocycles. The Balaban J connectivity index is 2.90. The lowest BCUT2D eigenvalue weighted by Gasteiger charge is -2.21. The Bertz CT molecular complexity index is 432. The van der Waals surface area contributed by atoms with E-state index in [1.807, 2.05) is 51.1 Å². The van der Waals surface area contributed by atoms with Gasteiger partial charge in [-0.25, -0.2) is 4.79 Å². The van der Waals surface area contributed by atoms with Crippen LogP contribution in [0, 0.1) is 5.41 Å². The molecule has 1 rings (SSSR count). The zero-order valence-corrected chi connectivity index (χ0v) is 12.0. The van der Waals surface area contributed by atoms with Crippen LogP contribution in [0.2, 0.25) is 0 Å². The highest BCUT2D eigenvalue weighted by atomic mass is 16.6. The van der Waals surface area contributed by atoms with Crippen LogP contribution in [0.15, 0.2) is 35.3 Å². The molecule has 104 valence electrons. The van der Waals surface area contributed by atoms with Crippen LogP contribution in [0.3, 0.4) is 0 Å². The molecule has 0 aromatic heterocycles. The summed E-state index contributed by atoms with van der Waals surface area (Å²) in [5.41, 5.74) is 1.41. The highest BCUT2D eigenvalue weighted by molar-refractivity contribution is 6.08. The SMILES string of the molecule is COCCOC(=O)/N=C(\c1ccccc1)C(C)(C)C. The van der Waals surface area contributed by atoms with Gasteiger partial charge < -0.3 is 9.47 Å². The fourth-order valence-corrected chi connectivity index (χ4v) is 1.60. The Morgan fingerprint density at radius 2 is 1.79 bits per heavy atom. The predicted octanol–water partition coefficient (Wildman–Crippen LogP) is 3.30. The summed E-state index contributed by atoms with van der Waals surface area (Å²) in [6.07, 6.45) is -0.578. The van der Waals surface area contributed by atoms with Crippen molar-refractivity contribution in [2.45, 2.75) is 20.8 Å². The largest absolute Gasteiger partial charge is 0.445 e. The Kier molecular flexibility index (Phi) is 5.70. The monoisotopic (exact) mass is 263 g/mol. The Labute approximate surface area is 114 Å². The summed E-state index contributed by atoms with van der Waals surface area (Å²) in [4.78, 5) is 15.8. The van der Waals surface area contributed by atoms with E-state index < -0.39 is 6.09 Å². The van der Waals surface area contributed by atoms with Gasteiger partial charge in [-0.1, -0.05) is 51.1 Å². The van der Waals surface area contributed by atoms with Gasteiger partial charge in [-0.3, -0.25) is 0 Å². The normalized spacial score (nSPS) is 12.3. The van der Waals surface area contributed by atoms with Crippen molar-refractivity contribution in [3.05, 3.63) is 35.9 Å². The van der Waals surface area contributed by atoms with Crippen LogP contribution in [0.25, 0.3) is 0 Å². The standard InChI is InChI=1S/C15H21NO3/c1-15(2,3)13(12-8-6-5-7-9-12)16-14(17)19-11-10-18-4/h5-9H,10-11H2,1-4H3/b16-13+. The molecule has 0 fully saturated rings. The van der Waals surface area contributed by atoms with Crippen LogP contribution >= 0.6 is 0 Å². The molecule has 0 N–H and O–H groups in total. The molecule has 19 heavy (non-hydrogen) atoms. The molecule has 0 aliphatic heterocycles. The summed E-state index contributed by atoms with van der Waals surface area (Å²) in [6, 6.07) is 9.65. The molecule has 1 aromatic carbocycles. The lowest BCUT2D eigenvalue weighted by molar-refractivity contribution is 0.105. The third kappa shape index (κ3) is 5.22. The number of methoxy groups -OCH3 is 1. The maximum Gasteiger partial charge on any atom is 0.433 e. The fourth-order valence-electron chi connectivity index (χ4n) is 1.60. The average Bonchev–Trinajstić information content (AvgIpc) is 2.36. The number of rotatable bonds is 4. The van der Waals surface area contributed by atoms with Gasteiger partial charge in [0.05, 0.1) is 12.3 Å². The third-order valence-corrected chi connectivity index (χ3v) is 2.47. The van der Waals surface area contributed by atoms with E-state index in [2.05, 4.69) is 4.99 Å². The molecule has 0 aliphatic rings. The first-order chi connectivity index (χ1) is 8.95. The zero-order chi connectivity index (χ0) is 14.3. The van der Waals surface area contributed by atoms with Crippen molar-refractivity contribution >= 4 is 11.8 Å². The lowest BCUT2D eigenvalue weighted by Crippen LogP contribution is -2.23. The van der Waals surface area contributed by atoms with Crippen LogP contribution in [0.4, 0.5) is 4.79 Å². The number of hydrogen-bond acceptors (Lipinski definition) is 3. The number of benzene rings is 1. The first-order valence-corrected chi connectivity index (χ1v) is 6.25. The fraction of sp³-hybridized carbons (Fsp3) is 0.467. The van der Waals surface area contributed by atoms with Crippen LogP contribution in [-0.2, 0) is 9.47 Å². The van der Waals surface area contributed by atoms with E-state index in [1.165, 1.54) is 0 Å². The Hall–Kier alpha value is -1.68. The summed E-state index contributed by atoms with van der Waals surface area (Å²) in [6.45, 7) is 6.63. The van der Waals surface area contributed by atoms with Crippen molar-refractivity contribution < 1.29 is 14.3 Å². The molecule has 0 spiro atoms. The molecule has 0 bridgehead atoms. The smallest absolute Gasteiger partial charge is 0.433 e. The minimum Gasteiger partial charge on any atom is -0.445 e. The van der Waals surface area contributed by atoms with Crippen LogP contribution < -0.4 is 0 Å². The number of ether oxygens (including phenoxy) is 2. The van der Waals surface area contributed by atoms with Crippen LogP contribution in [0.1, 0.15) is 26.3 Å². The van der Waals surface area contributed by atoms with E-state index in [4.69, 9.17) is 9.47 Å². The molecule has 0 saturated heterocycles. The van der Waals surface area contributed by atoms with E-state index in [-0.39, 0.29) is 12.0 Å². The van der Waals surface area contributed by atoms with Crippen molar-refractivity contribution in [1.82, 2.24) is 0 Å². The molecule has 4 nitrogen and oxygen atoms in total. The first-order valence-electron chi connectivity index (χ1n) is 6.25. The second kappa shape index (κ2) is 7.04. The second-order valence-electron chi connectivity index (χ2n) is 5.18. The van der Waals surface area contributed by atoms with Gasteiger partial charge in [0.2, 0.25) is 0 Å². The van der Waals surface area contributed by atoms with Crippen molar-refractivity contribution in [1.29, 1.82) is 0 Å². The van der Waals surface area contributed by atoms with E-state index in [1.54, 1.807) is 7.11 Å². The quantitative estimate of drug-likeness (QED) is 0.618. The van der Waals surface area contributed by atoms with E-state index in [9.17, 15) is 4.79 Å². The molecule has 0 unspecified atom stereocenters. The van der Waals surface area contributed by atoms with Gasteiger partial charge >= 0.3 is 6.09 Å². The topological polar surface area (TPSA) is 47.9 Å². The van der Waals surface area contributed by atoms with Gasteiger partial charge in [-0.15, -0.1) is 0 Å². The highest BCUT2D eigenvalue weighted by Crippen LogP contribution is 2.22.